The fourth-order valence-corrected chi connectivity index (χ4v) is 8.72. The lowest BCUT2D eigenvalue weighted by Crippen LogP contribution is -2.49. The van der Waals surface area contributed by atoms with Gasteiger partial charge in [-0.15, -0.1) is 0 Å². The first-order valence-corrected chi connectivity index (χ1v) is 12.9. The van der Waals surface area contributed by atoms with E-state index in [9.17, 15) is 8.42 Å². The van der Waals surface area contributed by atoms with Crippen molar-refractivity contribution in [2.45, 2.75) is 13.1 Å². The monoisotopic (exact) mass is 371 g/mol. The molecule has 0 radical (unpaired) electrons. The van der Waals surface area contributed by atoms with E-state index in [0.717, 1.165) is 21.8 Å². The summed E-state index contributed by atoms with van der Waals surface area (Å²) in [5.74, 6) is 1.28. The Morgan fingerprint density at radius 2 is 1.76 bits per heavy atom. The van der Waals surface area contributed by atoms with Gasteiger partial charge < -0.3 is 9.47 Å². The molecular weight excluding hydrogens is 354 g/mol. The Morgan fingerprint density at radius 1 is 1.08 bits per heavy atom. The third kappa shape index (κ3) is 1.79. The molecule has 0 amide bonds. The van der Waals surface area contributed by atoms with Gasteiger partial charge in [0.05, 0.1) is 17.5 Å². The number of aromatic nitrogens is 1. The first-order chi connectivity index (χ1) is 11.8. The van der Waals surface area contributed by atoms with Gasteiger partial charge in [-0.2, -0.15) is 0 Å². The van der Waals surface area contributed by atoms with Gasteiger partial charge in [-0.3, -0.25) is 0 Å². The van der Waals surface area contributed by atoms with Crippen LogP contribution in [0.5, 0.6) is 11.5 Å². The summed E-state index contributed by atoms with van der Waals surface area (Å²) in [5.41, 5.74) is 2.51. The van der Waals surface area contributed by atoms with Crippen LogP contribution >= 0.6 is 0 Å². The van der Waals surface area contributed by atoms with Gasteiger partial charge in [0, 0.05) is 11.5 Å². The molecular formula is C18H17NO4SSi. The van der Waals surface area contributed by atoms with Crippen molar-refractivity contribution < 1.29 is 17.9 Å². The number of rotatable bonds is 1. The molecule has 0 atom stereocenters. The minimum atomic E-state index is -3.48. The van der Waals surface area contributed by atoms with Crippen LogP contribution in [0.4, 0.5) is 0 Å². The molecule has 0 bridgehead atoms. The molecule has 0 N–H and O–H groups in total. The smallest absolute Gasteiger partial charge is 0.236 e. The highest BCUT2D eigenvalue weighted by Crippen LogP contribution is 2.41. The standard InChI is InChI=1S/C18H17NO4SSi/c1-24(20,21)19-13-9-15-14(22-10-23-15)8-12(13)18-17(19)11-6-4-5-7-16(11)25(18,2)3/h4-9H,10H2,1-3H3. The normalized spacial score (nSPS) is 16.9. The summed E-state index contributed by atoms with van der Waals surface area (Å²) in [6.45, 7) is 4.71. The first kappa shape index (κ1) is 15.0. The third-order valence-corrected chi connectivity index (χ3v) is 9.81. The molecule has 128 valence electrons. The minimum Gasteiger partial charge on any atom is -0.454 e. The van der Waals surface area contributed by atoms with Crippen molar-refractivity contribution in [3.05, 3.63) is 36.4 Å². The van der Waals surface area contributed by atoms with E-state index in [2.05, 4.69) is 19.2 Å². The molecule has 0 unspecified atom stereocenters. The second-order valence-corrected chi connectivity index (χ2v) is 13.3. The van der Waals surface area contributed by atoms with Crippen LogP contribution in [-0.2, 0) is 10.0 Å². The molecule has 3 heterocycles. The maximum Gasteiger partial charge on any atom is 0.236 e. The van der Waals surface area contributed by atoms with E-state index in [1.54, 1.807) is 6.07 Å². The van der Waals surface area contributed by atoms with E-state index in [-0.39, 0.29) is 6.79 Å². The molecule has 5 rings (SSSR count). The number of ether oxygens (including phenoxy) is 2. The largest absolute Gasteiger partial charge is 0.454 e. The average Bonchev–Trinajstić information content (AvgIpc) is 3.17. The zero-order valence-corrected chi connectivity index (χ0v) is 16.0. The van der Waals surface area contributed by atoms with Gasteiger partial charge in [0.2, 0.25) is 16.8 Å². The summed E-state index contributed by atoms with van der Waals surface area (Å²) in [5, 5.41) is 3.39. The predicted octanol–water partition coefficient (Wildman–Crippen LogP) is 1.98. The molecule has 0 aliphatic carbocycles. The molecule has 7 heteroatoms. The number of hydrogen-bond acceptors (Lipinski definition) is 4. The Balaban J connectivity index is 2.03. The molecule has 3 aromatic rings. The highest BCUT2D eigenvalue weighted by molar-refractivity contribution is 7.89. The van der Waals surface area contributed by atoms with Gasteiger partial charge in [0.15, 0.2) is 11.5 Å². The zero-order chi connectivity index (χ0) is 17.6. The Bertz CT molecular complexity index is 1180. The average molecular weight is 371 g/mol. The van der Waals surface area contributed by atoms with Gasteiger partial charge in [-0.25, -0.2) is 12.4 Å². The fraction of sp³-hybridized carbons (Fsp3) is 0.222. The van der Waals surface area contributed by atoms with Crippen molar-refractivity contribution in [2.24, 2.45) is 0 Å². The number of benzene rings is 2. The van der Waals surface area contributed by atoms with Crippen LogP contribution in [0.1, 0.15) is 0 Å². The zero-order valence-electron chi connectivity index (χ0n) is 14.2. The highest BCUT2D eigenvalue weighted by atomic mass is 32.2. The van der Waals surface area contributed by atoms with Crippen LogP contribution in [0.2, 0.25) is 13.1 Å². The van der Waals surface area contributed by atoms with Crippen molar-refractivity contribution >= 4 is 39.4 Å². The number of nitrogens with zero attached hydrogens (tertiary/aromatic N) is 1. The van der Waals surface area contributed by atoms with E-state index in [1.807, 2.05) is 24.3 Å². The van der Waals surface area contributed by atoms with E-state index in [4.69, 9.17) is 9.47 Å². The van der Waals surface area contributed by atoms with Crippen molar-refractivity contribution in [1.29, 1.82) is 0 Å². The summed E-state index contributed by atoms with van der Waals surface area (Å²) < 4.78 is 37.9. The van der Waals surface area contributed by atoms with Crippen molar-refractivity contribution in [3.63, 3.8) is 0 Å². The second kappa shape index (κ2) is 4.47. The van der Waals surface area contributed by atoms with Gasteiger partial charge >= 0.3 is 0 Å². The topological polar surface area (TPSA) is 57.5 Å². The molecule has 0 spiro atoms. The second-order valence-electron chi connectivity index (χ2n) is 7.14. The van der Waals surface area contributed by atoms with E-state index in [1.165, 1.54) is 15.4 Å². The van der Waals surface area contributed by atoms with E-state index < -0.39 is 18.1 Å². The summed E-state index contributed by atoms with van der Waals surface area (Å²) in [6, 6.07) is 11.9. The van der Waals surface area contributed by atoms with E-state index >= 15 is 0 Å². The lowest BCUT2D eigenvalue weighted by Gasteiger charge is -2.18. The Labute approximate surface area is 146 Å². The maximum atomic E-state index is 12.7. The Kier molecular flexibility index (Phi) is 2.69. The van der Waals surface area contributed by atoms with Gasteiger partial charge in [0.25, 0.3) is 0 Å². The highest BCUT2D eigenvalue weighted by Gasteiger charge is 2.43. The first-order valence-electron chi connectivity index (χ1n) is 8.09. The summed E-state index contributed by atoms with van der Waals surface area (Å²) in [4.78, 5) is 0. The molecule has 5 nitrogen and oxygen atoms in total. The molecule has 0 saturated carbocycles. The molecule has 0 fully saturated rings. The lowest BCUT2D eigenvalue weighted by atomic mass is 10.1. The van der Waals surface area contributed by atoms with Gasteiger partial charge in [0.1, 0.15) is 8.07 Å². The minimum absolute atomic E-state index is 0.171. The number of hydrogen-bond donors (Lipinski definition) is 0. The molecule has 2 aliphatic rings. The van der Waals surface area contributed by atoms with Gasteiger partial charge in [-0.1, -0.05) is 37.4 Å². The van der Waals surface area contributed by atoms with Gasteiger partial charge in [-0.05, 0) is 22.0 Å². The fourth-order valence-electron chi connectivity index (χ4n) is 4.24. The molecule has 0 saturated heterocycles. The quantitative estimate of drug-likeness (QED) is 0.614. The molecule has 25 heavy (non-hydrogen) atoms. The van der Waals surface area contributed by atoms with Crippen molar-refractivity contribution in [3.8, 4) is 22.8 Å². The van der Waals surface area contributed by atoms with Crippen LogP contribution in [0, 0.1) is 0 Å². The van der Waals surface area contributed by atoms with Crippen LogP contribution in [0.25, 0.3) is 22.2 Å². The van der Waals surface area contributed by atoms with Crippen molar-refractivity contribution in [2.75, 3.05) is 13.0 Å². The molecule has 2 aliphatic heterocycles. The van der Waals surface area contributed by atoms with Crippen LogP contribution in [-0.4, -0.2) is 33.5 Å². The summed E-state index contributed by atoms with van der Waals surface area (Å²) in [7, 11) is -5.50. The Morgan fingerprint density at radius 3 is 2.48 bits per heavy atom. The maximum absolute atomic E-state index is 12.7. The third-order valence-electron chi connectivity index (χ3n) is 5.23. The predicted molar refractivity (Wildman–Crippen MR) is 100 cm³/mol. The van der Waals surface area contributed by atoms with Crippen LogP contribution in [0.3, 0.4) is 0 Å². The summed E-state index contributed by atoms with van der Waals surface area (Å²) >= 11 is 0. The molecule has 2 aromatic carbocycles. The molecule has 1 aromatic heterocycles. The van der Waals surface area contributed by atoms with Crippen molar-refractivity contribution in [1.82, 2.24) is 3.97 Å². The Hall–Kier alpha value is -2.25. The van der Waals surface area contributed by atoms with Crippen LogP contribution in [0.15, 0.2) is 36.4 Å². The summed E-state index contributed by atoms with van der Waals surface area (Å²) in [6.07, 6.45) is 1.26. The van der Waals surface area contributed by atoms with E-state index in [0.29, 0.717) is 17.0 Å². The SMILES string of the molecule is C[Si]1(C)c2ccccc2-c2c1c1cc3c(cc1n2S(C)(=O)=O)OCO3. The number of fused-ring (bicyclic) bond motifs is 6. The lowest BCUT2D eigenvalue weighted by molar-refractivity contribution is 0.174. The van der Waals surface area contributed by atoms with Crippen LogP contribution < -0.4 is 19.8 Å².